The van der Waals surface area contributed by atoms with Gasteiger partial charge < -0.3 is 0 Å². The number of nitrogens with zero attached hydrogens (tertiary/aromatic N) is 1. The summed E-state index contributed by atoms with van der Waals surface area (Å²) in [5, 5.41) is 0. The summed E-state index contributed by atoms with van der Waals surface area (Å²) in [5.41, 5.74) is 1.83. The van der Waals surface area contributed by atoms with Gasteiger partial charge in [0.15, 0.2) is 0 Å². The van der Waals surface area contributed by atoms with Crippen LogP contribution in [0.1, 0.15) is 13.8 Å². The summed E-state index contributed by atoms with van der Waals surface area (Å²) >= 11 is 1.65. The van der Waals surface area contributed by atoms with Crippen LogP contribution in [0.4, 0.5) is 0 Å². The molecular weight excluding hydrogens is 118 g/mol. The van der Waals surface area contributed by atoms with Crippen molar-refractivity contribution in [3.63, 3.8) is 0 Å². The zero-order valence-electron chi connectivity index (χ0n) is 5.51. The summed E-state index contributed by atoms with van der Waals surface area (Å²) in [4.78, 5) is 5.11. The van der Waals surface area contributed by atoms with E-state index < -0.39 is 0 Å². The summed E-state index contributed by atoms with van der Waals surface area (Å²) in [5.74, 6) is 0. The summed E-state index contributed by atoms with van der Waals surface area (Å²) in [7, 11) is 1.77. The Balaban J connectivity index is 3.40. The minimum atomic E-state index is 1.29. The van der Waals surface area contributed by atoms with Gasteiger partial charge in [-0.3, -0.25) is 4.99 Å². The van der Waals surface area contributed by atoms with Crippen molar-refractivity contribution in [2.24, 2.45) is 4.99 Å². The third-order valence-corrected chi connectivity index (χ3v) is 1.67. The quantitative estimate of drug-likeness (QED) is 0.411. The van der Waals surface area contributed by atoms with Crippen molar-refractivity contribution in [1.82, 2.24) is 0 Å². The third-order valence-electron chi connectivity index (χ3n) is 0.751. The largest absolute Gasteiger partial charge is 0.289 e. The molecule has 0 N–H and O–H groups in total. The van der Waals surface area contributed by atoms with Gasteiger partial charge in [-0.05, 0) is 18.8 Å². The van der Waals surface area contributed by atoms with Crippen LogP contribution in [0.15, 0.2) is 16.0 Å². The number of thioether (sulfide) groups is 1. The maximum Gasteiger partial charge on any atom is 0.0582 e. The highest BCUT2D eigenvalue weighted by molar-refractivity contribution is 8.15. The fraction of sp³-hybridized carbons (Fsp3) is 0.500. The van der Waals surface area contributed by atoms with Crippen LogP contribution < -0.4 is 0 Å². The van der Waals surface area contributed by atoms with Gasteiger partial charge >= 0.3 is 0 Å². The van der Waals surface area contributed by atoms with E-state index in [4.69, 9.17) is 0 Å². The first kappa shape index (κ1) is 7.76. The predicted octanol–water partition coefficient (Wildman–Crippen LogP) is 2.30. The Kier molecular flexibility index (Phi) is 4.76. The van der Waals surface area contributed by atoms with E-state index in [1.54, 1.807) is 18.8 Å². The van der Waals surface area contributed by atoms with E-state index in [9.17, 15) is 0 Å². The molecule has 0 saturated carbocycles. The van der Waals surface area contributed by atoms with Crippen LogP contribution in [-0.4, -0.2) is 12.6 Å². The van der Waals surface area contributed by atoms with Gasteiger partial charge in [-0.15, -0.1) is 0 Å². The van der Waals surface area contributed by atoms with Crippen molar-refractivity contribution >= 4 is 17.3 Å². The second-order valence-electron chi connectivity index (χ2n) is 1.38. The predicted molar refractivity (Wildman–Crippen MR) is 41.4 cm³/mol. The van der Waals surface area contributed by atoms with Crippen molar-refractivity contribution in [2.45, 2.75) is 13.8 Å². The molecule has 0 aromatic rings. The Morgan fingerprint density at radius 3 is 2.62 bits per heavy atom. The number of hydrogen-bond acceptors (Lipinski definition) is 2. The van der Waals surface area contributed by atoms with Crippen LogP contribution >= 0.6 is 11.8 Å². The Morgan fingerprint density at radius 2 is 2.25 bits per heavy atom. The van der Waals surface area contributed by atoms with Gasteiger partial charge in [0, 0.05) is 7.05 Å². The van der Waals surface area contributed by atoms with Gasteiger partial charge in [0.2, 0.25) is 0 Å². The SMILES string of the molecule is C/C=C(/C)SC=NC. The van der Waals surface area contributed by atoms with Crippen LogP contribution in [0, 0.1) is 0 Å². The van der Waals surface area contributed by atoms with Crippen LogP contribution in [0.3, 0.4) is 0 Å². The summed E-state index contributed by atoms with van der Waals surface area (Å²) < 4.78 is 0. The highest BCUT2D eigenvalue weighted by Gasteiger charge is 1.79. The fourth-order valence-electron chi connectivity index (χ4n) is 0.204. The van der Waals surface area contributed by atoms with Gasteiger partial charge in [0.05, 0.1) is 5.55 Å². The molecule has 0 aromatic heterocycles. The molecule has 0 spiro atoms. The first-order valence-corrected chi connectivity index (χ1v) is 3.39. The van der Waals surface area contributed by atoms with Crippen molar-refractivity contribution < 1.29 is 0 Å². The maximum absolute atomic E-state index is 3.82. The first-order chi connectivity index (χ1) is 3.81. The second-order valence-corrected chi connectivity index (χ2v) is 2.47. The monoisotopic (exact) mass is 129 g/mol. The van der Waals surface area contributed by atoms with Crippen molar-refractivity contribution in [2.75, 3.05) is 7.05 Å². The van der Waals surface area contributed by atoms with Crippen molar-refractivity contribution in [3.8, 4) is 0 Å². The zero-order chi connectivity index (χ0) is 6.41. The van der Waals surface area contributed by atoms with Crippen molar-refractivity contribution in [3.05, 3.63) is 11.0 Å². The molecule has 0 unspecified atom stereocenters. The van der Waals surface area contributed by atoms with E-state index in [1.165, 1.54) is 4.91 Å². The zero-order valence-corrected chi connectivity index (χ0v) is 6.33. The molecule has 0 rings (SSSR count). The first-order valence-electron chi connectivity index (χ1n) is 2.51. The van der Waals surface area contributed by atoms with Gasteiger partial charge in [0.1, 0.15) is 0 Å². The molecule has 8 heavy (non-hydrogen) atoms. The average Bonchev–Trinajstić information content (AvgIpc) is 1.83. The van der Waals surface area contributed by atoms with E-state index in [2.05, 4.69) is 18.0 Å². The van der Waals surface area contributed by atoms with Crippen LogP contribution in [0.5, 0.6) is 0 Å². The van der Waals surface area contributed by atoms with E-state index in [0.717, 1.165) is 0 Å². The Morgan fingerprint density at radius 1 is 1.62 bits per heavy atom. The number of hydrogen-bond donors (Lipinski definition) is 0. The molecule has 0 aliphatic carbocycles. The average molecular weight is 129 g/mol. The highest BCUT2D eigenvalue weighted by Crippen LogP contribution is 2.09. The molecular formula is C6H11NS. The third kappa shape index (κ3) is 3.93. The molecule has 0 amide bonds. The Labute approximate surface area is 54.9 Å². The lowest BCUT2D eigenvalue weighted by atomic mass is 10.6. The molecule has 0 aliphatic heterocycles. The van der Waals surface area contributed by atoms with Gasteiger partial charge in [-0.2, -0.15) is 0 Å². The molecule has 0 radical (unpaired) electrons. The van der Waals surface area contributed by atoms with Crippen LogP contribution in [0.2, 0.25) is 0 Å². The molecule has 0 aromatic carbocycles. The second kappa shape index (κ2) is 4.91. The minimum Gasteiger partial charge on any atom is -0.289 e. The lowest BCUT2D eigenvalue weighted by Gasteiger charge is -1.87. The molecule has 46 valence electrons. The Bertz CT molecular complexity index is 105. The molecule has 2 heteroatoms. The van der Waals surface area contributed by atoms with E-state index >= 15 is 0 Å². The van der Waals surface area contributed by atoms with Gasteiger partial charge in [-0.1, -0.05) is 17.8 Å². The number of aliphatic imine (C=N–C) groups is 1. The summed E-state index contributed by atoms with van der Waals surface area (Å²) in [6, 6.07) is 0. The molecule has 1 nitrogen and oxygen atoms in total. The normalized spacial score (nSPS) is 13.1. The van der Waals surface area contributed by atoms with E-state index in [1.807, 2.05) is 12.5 Å². The lowest BCUT2D eigenvalue weighted by molar-refractivity contribution is 1.49. The standard InChI is InChI=1S/C6H11NS/c1-4-6(2)8-5-7-3/h4-5H,1-3H3/b6-4-,7-5?. The number of allylic oxidation sites excluding steroid dienone is 2. The molecule has 0 bridgehead atoms. The smallest absolute Gasteiger partial charge is 0.0582 e. The topological polar surface area (TPSA) is 12.4 Å². The van der Waals surface area contributed by atoms with E-state index in [-0.39, 0.29) is 0 Å². The molecule has 0 aliphatic rings. The number of rotatable bonds is 2. The fourth-order valence-corrected chi connectivity index (χ4v) is 0.612. The van der Waals surface area contributed by atoms with Gasteiger partial charge in [0.25, 0.3) is 0 Å². The Hall–Kier alpha value is -0.240. The van der Waals surface area contributed by atoms with Crippen molar-refractivity contribution in [1.29, 1.82) is 0 Å². The lowest BCUT2D eigenvalue weighted by Crippen LogP contribution is -1.64. The highest BCUT2D eigenvalue weighted by atomic mass is 32.2. The summed E-state index contributed by atoms with van der Waals surface area (Å²) in [6.07, 6.45) is 2.06. The van der Waals surface area contributed by atoms with Gasteiger partial charge in [-0.25, -0.2) is 0 Å². The van der Waals surface area contributed by atoms with Crippen LogP contribution in [0.25, 0.3) is 0 Å². The van der Waals surface area contributed by atoms with Crippen LogP contribution in [-0.2, 0) is 0 Å². The maximum atomic E-state index is 3.82. The van der Waals surface area contributed by atoms with E-state index in [0.29, 0.717) is 0 Å². The summed E-state index contributed by atoms with van der Waals surface area (Å²) in [6.45, 7) is 4.08. The minimum absolute atomic E-state index is 1.29. The molecule has 0 saturated heterocycles. The molecule has 0 fully saturated rings. The molecule has 0 heterocycles. The molecule has 0 atom stereocenters.